The maximum Gasteiger partial charge on any atom is 0.143 e. The molecule has 1 aromatic heterocycles. The van der Waals surface area contributed by atoms with Gasteiger partial charge in [0.15, 0.2) is 0 Å². The lowest BCUT2D eigenvalue weighted by molar-refractivity contribution is 0.673. The van der Waals surface area contributed by atoms with Crippen LogP contribution >= 0.6 is 0 Å². The van der Waals surface area contributed by atoms with Crippen molar-refractivity contribution in [3.63, 3.8) is 0 Å². The summed E-state index contributed by atoms with van der Waals surface area (Å²) in [6, 6.07) is 80.7. The quantitative estimate of drug-likeness (QED) is 0.162. The molecule has 0 saturated heterocycles. The molecule has 0 aliphatic carbocycles. The molecule has 11 rings (SSSR count). The smallest absolute Gasteiger partial charge is 0.143 e. The van der Waals surface area contributed by atoms with Crippen LogP contribution in [0.25, 0.3) is 88.0 Å². The molecule has 0 aliphatic rings. The highest BCUT2D eigenvalue weighted by atomic mass is 16.3. The van der Waals surface area contributed by atoms with Crippen LogP contribution in [0, 0.1) is 0 Å². The third-order valence-corrected chi connectivity index (χ3v) is 11.4. The first-order chi connectivity index (χ1) is 28.7. The lowest BCUT2D eigenvalue weighted by atomic mass is 9.96. The van der Waals surface area contributed by atoms with Gasteiger partial charge in [0.2, 0.25) is 0 Å². The zero-order valence-corrected chi connectivity index (χ0v) is 31.7. The molecule has 58 heavy (non-hydrogen) atoms. The van der Waals surface area contributed by atoms with E-state index in [2.05, 4.69) is 229 Å². The minimum absolute atomic E-state index is 0.887. The Bertz CT molecular complexity index is 3210. The third-order valence-electron chi connectivity index (χ3n) is 11.4. The van der Waals surface area contributed by atoms with Crippen molar-refractivity contribution in [2.45, 2.75) is 0 Å². The van der Waals surface area contributed by atoms with Gasteiger partial charge in [-0.25, -0.2) is 0 Å². The molecule has 0 spiro atoms. The number of furan rings is 1. The van der Waals surface area contributed by atoms with Crippen LogP contribution in [-0.2, 0) is 0 Å². The number of hydrogen-bond acceptors (Lipinski definition) is 2. The minimum Gasteiger partial charge on any atom is -0.455 e. The predicted octanol–water partition coefficient (Wildman–Crippen LogP) is 16.0. The molecule has 0 fully saturated rings. The normalized spacial score (nSPS) is 11.4. The van der Waals surface area contributed by atoms with Crippen molar-refractivity contribution in [2.24, 2.45) is 0 Å². The Labute approximate surface area is 337 Å². The third kappa shape index (κ3) is 5.91. The fourth-order valence-corrected chi connectivity index (χ4v) is 8.66. The number of fused-ring (bicyclic) bond motifs is 6. The number of nitrogens with zero attached hydrogens (tertiary/aromatic N) is 1. The van der Waals surface area contributed by atoms with Crippen molar-refractivity contribution in [3.05, 3.63) is 224 Å². The molecule has 1 heterocycles. The van der Waals surface area contributed by atoms with Crippen LogP contribution in [0.15, 0.2) is 229 Å². The molecule has 0 radical (unpaired) electrons. The summed E-state index contributed by atoms with van der Waals surface area (Å²) in [4.78, 5) is 2.40. The summed E-state index contributed by atoms with van der Waals surface area (Å²) in [5.41, 5.74) is 14.4. The lowest BCUT2D eigenvalue weighted by Crippen LogP contribution is -2.10. The van der Waals surface area contributed by atoms with Crippen LogP contribution in [0.5, 0.6) is 0 Å². The molecule has 2 heteroatoms. The monoisotopic (exact) mass is 739 g/mol. The molecule has 11 aromatic rings. The minimum atomic E-state index is 0.887. The van der Waals surface area contributed by atoms with Crippen LogP contribution < -0.4 is 4.90 Å². The maximum atomic E-state index is 6.62. The summed E-state index contributed by atoms with van der Waals surface area (Å²) < 4.78 is 6.62. The maximum absolute atomic E-state index is 6.62. The van der Waals surface area contributed by atoms with Crippen LogP contribution in [0.2, 0.25) is 0 Å². The lowest BCUT2D eigenvalue weighted by Gasteiger charge is -2.27. The second kappa shape index (κ2) is 14.1. The Kier molecular flexibility index (Phi) is 8.19. The van der Waals surface area contributed by atoms with Crippen LogP contribution in [0.1, 0.15) is 0 Å². The van der Waals surface area contributed by atoms with E-state index in [1.165, 1.54) is 38.4 Å². The van der Waals surface area contributed by atoms with Crippen molar-refractivity contribution < 1.29 is 4.42 Å². The van der Waals surface area contributed by atoms with Gasteiger partial charge in [0, 0.05) is 33.2 Å². The summed E-state index contributed by atoms with van der Waals surface area (Å²) in [7, 11) is 0. The van der Waals surface area contributed by atoms with Gasteiger partial charge in [-0.2, -0.15) is 0 Å². The van der Waals surface area contributed by atoms with Gasteiger partial charge in [0.1, 0.15) is 11.2 Å². The number of rotatable bonds is 7. The van der Waals surface area contributed by atoms with Gasteiger partial charge in [0.25, 0.3) is 0 Å². The van der Waals surface area contributed by atoms with Gasteiger partial charge in [-0.05, 0) is 115 Å². The van der Waals surface area contributed by atoms with E-state index in [9.17, 15) is 0 Å². The van der Waals surface area contributed by atoms with E-state index in [1.54, 1.807) is 0 Å². The fraction of sp³-hybridized carbons (Fsp3) is 0. The Morgan fingerprint density at radius 1 is 0.293 bits per heavy atom. The standard InChI is InChI=1S/C56H37NO/c1-3-14-38(15-4-1)44-34-45(39-16-5-2-6-17-39)37-48(36-44)57(46-31-28-42(29-32-46)50-25-12-20-40-18-7-9-23-49(40)50)47-22-11-21-43(35-47)51-26-13-27-54-55(51)53-33-30-41-19-8-10-24-52(41)56(53)58-54/h1-37H. The molecule has 2 nitrogen and oxygen atoms in total. The Balaban J connectivity index is 1.11. The van der Waals surface area contributed by atoms with Crippen LogP contribution in [-0.4, -0.2) is 0 Å². The van der Waals surface area contributed by atoms with E-state index in [0.29, 0.717) is 0 Å². The average molecular weight is 740 g/mol. The van der Waals surface area contributed by atoms with Crippen LogP contribution in [0.4, 0.5) is 17.1 Å². The number of anilines is 3. The summed E-state index contributed by atoms with van der Waals surface area (Å²) in [6.45, 7) is 0. The van der Waals surface area contributed by atoms with E-state index >= 15 is 0 Å². The molecule has 0 aliphatic heterocycles. The molecule has 0 N–H and O–H groups in total. The Morgan fingerprint density at radius 2 is 0.862 bits per heavy atom. The topological polar surface area (TPSA) is 16.4 Å². The van der Waals surface area contributed by atoms with Gasteiger partial charge in [-0.1, -0.05) is 170 Å². The van der Waals surface area contributed by atoms with E-state index < -0.39 is 0 Å². The SMILES string of the molecule is c1ccc(-c2cc(-c3ccccc3)cc(N(c3ccc(-c4cccc5ccccc45)cc3)c3cccc(-c4cccc5oc6c7ccccc7ccc6c45)c3)c2)cc1. The van der Waals surface area contributed by atoms with Gasteiger partial charge >= 0.3 is 0 Å². The van der Waals surface area contributed by atoms with Crippen molar-refractivity contribution in [1.29, 1.82) is 0 Å². The summed E-state index contributed by atoms with van der Waals surface area (Å²) in [6.07, 6.45) is 0. The van der Waals surface area contributed by atoms with Gasteiger partial charge in [-0.15, -0.1) is 0 Å². The average Bonchev–Trinajstić information content (AvgIpc) is 3.70. The van der Waals surface area contributed by atoms with Gasteiger partial charge in [0.05, 0.1) is 0 Å². The first-order valence-corrected chi connectivity index (χ1v) is 19.8. The molecular weight excluding hydrogens is 703 g/mol. The van der Waals surface area contributed by atoms with Gasteiger partial charge in [-0.3, -0.25) is 0 Å². The molecule has 0 amide bonds. The molecule has 10 aromatic carbocycles. The molecular formula is C56H37NO. The number of hydrogen-bond donors (Lipinski definition) is 0. The molecule has 272 valence electrons. The van der Waals surface area contributed by atoms with Crippen molar-refractivity contribution >= 4 is 60.5 Å². The zero-order valence-electron chi connectivity index (χ0n) is 31.7. The highest BCUT2D eigenvalue weighted by Crippen LogP contribution is 2.44. The predicted molar refractivity (Wildman–Crippen MR) is 245 cm³/mol. The van der Waals surface area contributed by atoms with E-state index in [1.807, 2.05) is 0 Å². The van der Waals surface area contributed by atoms with E-state index in [0.717, 1.165) is 66.6 Å². The molecule has 0 bridgehead atoms. The fourth-order valence-electron chi connectivity index (χ4n) is 8.66. The van der Waals surface area contributed by atoms with Gasteiger partial charge < -0.3 is 9.32 Å². The highest BCUT2D eigenvalue weighted by molar-refractivity contribution is 6.19. The molecule has 0 saturated carbocycles. The van der Waals surface area contributed by atoms with Crippen molar-refractivity contribution in [2.75, 3.05) is 4.90 Å². The Morgan fingerprint density at radius 3 is 1.60 bits per heavy atom. The molecule has 0 unspecified atom stereocenters. The second-order valence-electron chi connectivity index (χ2n) is 14.9. The summed E-state index contributed by atoms with van der Waals surface area (Å²) in [5.74, 6) is 0. The van der Waals surface area contributed by atoms with Crippen LogP contribution in [0.3, 0.4) is 0 Å². The number of benzene rings is 10. The Hall–Kier alpha value is -7.68. The van der Waals surface area contributed by atoms with Crippen molar-refractivity contribution in [3.8, 4) is 44.5 Å². The van der Waals surface area contributed by atoms with Crippen molar-refractivity contribution in [1.82, 2.24) is 0 Å². The van der Waals surface area contributed by atoms with E-state index in [-0.39, 0.29) is 0 Å². The summed E-state index contributed by atoms with van der Waals surface area (Å²) >= 11 is 0. The first-order valence-electron chi connectivity index (χ1n) is 19.8. The zero-order chi connectivity index (χ0) is 38.4. The first kappa shape index (κ1) is 33.6. The largest absolute Gasteiger partial charge is 0.455 e. The van der Waals surface area contributed by atoms with E-state index in [4.69, 9.17) is 4.42 Å². The highest BCUT2D eigenvalue weighted by Gasteiger charge is 2.19. The summed E-state index contributed by atoms with van der Waals surface area (Å²) in [5, 5.41) is 7.04. The molecule has 0 atom stereocenters. The second-order valence-corrected chi connectivity index (χ2v) is 14.9.